The van der Waals surface area contributed by atoms with Gasteiger partial charge in [0, 0.05) is 22.1 Å². The highest BCUT2D eigenvalue weighted by Crippen LogP contribution is 2.35. The van der Waals surface area contributed by atoms with Gasteiger partial charge in [0.1, 0.15) is 0 Å². The van der Waals surface area contributed by atoms with Crippen molar-refractivity contribution in [2.75, 3.05) is 14.1 Å². The average Bonchev–Trinajstić information content (AvgIpc) is 2.67. The fourth-order valence-electron chi connectivity index (χ4n) is 2.86. The molecule has 1 aliphatic carbocycles. The van der Waals surface area contributed by atoms with Gasteiger partial charge in [-0.15, -0.1) is 0 Å². The lowest BCUT2D eigenvalue weighted by atomic mass is 9.91. The normalized spacial score (nSPS) is 19.5. The average molecular weight is 283 g/mol. The first kappa shape index (κ1) is 12.3. The Labute approximate surface area is 117 Å². The van der Waals surface area contributed by atoms with E-state index in [1.807, 2.05) is 6.07 Å². The number of H-pyrrole nitrogens is 1. The zero-order valence-electron chi connectivity index (χ0n) is 10.6. The smallest absolute Gasteiger partial charge is 0.0662 e. The molecule has 1 aromatic heterocycles. The van der Waals surface area contributed by atoms with Crippen LogP contribution < -0.4 is 0 Å². The Hall–Kier alpha value is -0.700. The Kier molecular flexibility index (Phi) is 3.05. The molecule has 1 N–H and O–H groups in total. The maximum absolute atomic E-state index is 6.25. The van der Waals surface area contributed by atoms with E-state index < -0.39 is 0 Å². The molecule has 0 fully saturated rings. The zero-order valence-corrected chi connectivity index (χ0v) is 12.1. The fraction of sp³-hybridized carbons (Fsp3) is 0.429. The molecule has 4 heteroatoms. The number of likely N-dealkylation sites (N-methyl/N-ethyl adjacent to an activating group) is 1. The van der Waals surface area contributed by atoms with Crippen LogP contribution in [0.5, 0.6) is 0 Å². The zero-order chi connectivity index (χ0) is 12.9. The van der Waals surface area contributed by atoms with Crippen LogP contribution in [0.2, 0.25) is 10.0 Å². The summed E-state index contributed by atoms with van der Waals surface area (Å²) in [6.45, 7) is 0. The van der Waals surface area contributed by atoms with E-state index in [0.717, 1.165) is 18.4 Å². The molecular weight excluding hydrogens is 267 g/mol. The summed E-state index contributed by atoms with van der Waals surface area (Å²) < 4.78 is 0. The molecule has 0 radical (unpaired) electrons. The fourth-order valence-corrected chi connectivity index (χ4v) is 3.40. The van der Waals surface area contributed by atoms with Crippen LogP contribution in [-0.2, 0) is 12.8 Å². The van der Waals surface area contributed by atoms with Crippen LogP contribution in [0.4, 0.5) is 0 Å². The van der Waals surface area contributed by atoms with Crippen molar-refractivity contribution in [1.29, 1.82) is 0 Å². The standard InChI is InChI=1S/C14H16Cl2N2/c1-18(2)9-3-4-13-10(7-9)11-5-8(15)6-12(16)14(11)17-13/h5-6,9,17H,3-4,7H2,1-2H3/t9-/m0/s1. The highest BCUT2D eigenvalue weighted by Gasteiger charge is 2.24. The van der Waals surface area contributed by atoms with Crippen LogP contribution in [0.15, 0.2) is 12.1 Å². The molecule has 1 aliphatic rings. The maximum atomic E-state index is 6.25. The molecule has 1 atom stereocenters. The molecule has 3 rings (SSSR count). The maximum Gasteiger partial charge on any atom is 0.0662 e. The van der Waals surface area contributed by atoms with Gasteiger partial charge in [0.25, 0.3) is 0 Å². The van der Waals surface area contributed by atoms with E-state index in [-0.39, 0.29) is 0 Å². The van der Waals surface area contributed by atoms with Gasteiger partial charge < -0.3 is 9.88 Å². The summed E-state index contributed by atoms with van der Waals surface area (Å²) in [4.78, 5) is 5.76. The van der Waals surface area contributed by atoms with Gasteiger partial charge in [0.2, 0.25) is 0 Å². The number of nitrogens with one attached hydrogen (secondary N) is 1. The number of aryl methyl sites for hydroxylation is 1. The highest BCUT2D eigenvalue weighted by molar-refractivity contribution is 6.38. The molecule has 0 aliphatic heterocycles. The van der Waals surface area contributed by atoms with Crippen LogP contribution in [0, 0.1) is 0 Å². The second kappa shape index (κ2) is 4.44. The Balaban J connectivity index is 2.15. The number of nitrogens with zero attached hydrogens (tertiary/aromatic N) is 1. The van der Waals surface area contributed by atoms with Crippen molar-refractivity contribution >= 4 is 34.1 Å². The van der Waals surface area contributed by atoms with Gasteiger partial charge in [-0.2, -0.15) is 0 Å². The summed E-state index contributed by atoms with van der Waals surface area (Å²) in [6, 6.07) is 4.43. The van der Waals surface area contributed by atoms with Gasteiger partial charge in [-0.25, -0.2) is 0 Å². The lowest BCUT2D eigenvalue weighted by Gasteiger charge is -2.28. The van der Waals surface area contributed by atoms with Gasteiger partial charge in [-0.3, -0.25) is 0 Å². The van der Waals surface area contributed by atoms with Gasteiger partial charge in [0.05, 0.1) is 10.5 Å². The second-order valence-corrected chi connectivity index (χ2v) is 6.10. The Bertz CT molecular complexity index is 601. The molecule has 1 heterocycles. The van der Waals surface area contributed by atoms with Crippen LogP contribution >= 0.6 is 23.2 Å². The van der Waals surface area contributed by atoms with Crippen LogP contribution in [0.1, 0.15) is 17.7 Å². The SMILES string of the molecule is CN(C)[C@H]1CCc2[nH]c3c(Cl)cc(Cl)cc3c2C1. The van der Waals surface area contributed by atoms with Gasteiger partial charge in [-0.1, -0.05) is 23.2 Å². The quantitative estimate of drug-likeness (QED) is 0.841. The monoisotopic (exact) mass is 282 g/mol. The third kappa shape index (κ3) is 1.93. The van der Waals surface area contributed by atoms with Crippen molar-refractivity contribution in [3.63, 3.8) is 0 Å². The lowest BCUT2D eigenvalue weighted by Crippen LogP contribution is -2.33. The Morgan fingerprint density at radius 2 is 2.06 bits per heavy atom. The number of fused-ring (bicyclic) bond motifs is 3. The van der Waals surface area contributed by atoms with Gasteiger partial charge in [0.15, 0.2) is 0 Å². The molecule has 0 spiro atoms. The van der Waals surface area contributed by atoms with Gasteiger partial charge >= 0.3 is 0 Å². The number of hydrogen-bond donors (Lipinski definition) is 1. The molecule has 0 saturated carbocycles. The van der Waals surface area contributed by atoms with Crippen molar-refractivity contribution in [3.8, 4) is 0 Å². The van der Waals surface area contributed by atoms with E-state index in [1.54, 1.807) is 6.07 Å². The number of hydrogen-bond acceptors (Lipinski definition) is 1. The third-order valence-corrected chi connectivity index (χ3v) is 4.43. The molecule has 0 bridgehead atoms. The molecule has 2 nitrogen and oxygen atoms in total. The largest absolute Gasteiger partial charge is 0.357 e. The first-order chi connectivity index (χ1) is 8.56. The van der Waals surface area contributed by atoms with E-state index in [2.05, 4.69) is 24.0 Å². The minimum absolute atomic E-state index is 0.606. The molecule has 0 saturated heterocycles. The van der Waals surface area contributed by atoms with Crippen molar-refractivity contribution < 1.29 is 0 Å². The first-order valence-corrected chi connectivity index (χ1v) is 6.96. The predicted octanol–water partition coefficient (Wildman–Crippen LogP) is 3.89. The number of benzene rings is 1. The minimum Gasteiger partial charge on any atom is -0.357 e. The summed E-state index contributed by atoms with van der Waals surface area (Å²) in [5.41, 5.74) is 3.75. The lowest BCUT2D eigenvalue weighted by molar-refractivity contribution is 0.268. The molecule has 1 aromatic carbocycles. The molecule has 18 heavy (non-hydrogen) atoms. The van der Waals surface area contributed by atoms with E-state index in [4.69, 9.17) is 23.2 Å². The van der Waals surface area contributed by atoms with E-state index >= 15 is 0 Å². The molecule has 0 amide bonds. The third-order valence-electron chi connectivity index (χ3n) is 3.92. The second-order valence-electron chi connectivity index (χ2n) is 5.25. The minimum atomic E-state index is 0.606. The van der Waals surface area contributed by atoms with Crippen molar-refractivity contribution in [2.24, 2.45) is 0 Å². The number of aromatic nitrogens is 1. The summed E-state index contributed by atoms with van der Waals surface area (Å²) in [5.74, 6) is 0. The van der Waals surface area contributed by atoms with Crippen LogP contribution in [-0.4, -0.2) is 30.0 Å². The molecule has 2 aromatic rings. The Morgan fingerprint density at radius 3 is 2.78 bits per heavy atom. The Morgan fingerprint density at radius 1 is 1.28 bits per heavy atom. The molecule has 0 unspecified atom stereocenters. The molecular formula is C14H16Cl2N2. The van der Waals surface area contributed by atoms with E-state index in [9.17, 15) is 0 Å². The summed E-state index contributed by atoms with van der Waals surface area (Å²) in [6.07, 6.45) is 3.35. The van der Waals surface area contributed by atoms with E-state index in [1.165, 1.54) is 23.1 Å². The summed E-state index contributed by atoms with van der Waals surface area (Å²) in [7, 11) is 4.29. The first-order valence-electron chi connectivity index (χ1n) is 6.21. The highest BCUT2D eigenvalue weighted by atomic mass is 35.5. The van der Waals surface area contributed by atoms with Gasteiger partial charge in [-0.05, 0) is 51.1 Å². The van der Waals surface area contributed by atoms with Crippen molar-refractivity contribution in [2.45, 2.75) is 25.3 Å². The number of halogens is 2. The van der Waals surface area contributed by atoms with Crippen molar-refractivity contribution in [1.82, 2.24) is 9.88 Å². The topological polar surface area (TPSA) is 19.0 Å². The number of aromatic amines is 1. The molecule has 96 valence electrons. The van der Waals surface area contributed by atoms with Crippen molar-refractivity contribution in [3.05, 3.63) is 33.4 Å². The number of rotatable bonds is 1. The summed E-state index contributed by atoms with van der Waals surface area (Å²) >= 11 is 12.4. The van der Waals surface area contributed by atoms with Crippen LogP contribution in [0.25, 0.3) is 10.9 Å². The van der Waals surface area contributed by atoms with Crippen LogP contribution in [0.3, 0.4) is 0 Å². The summed E-state index contributed by atoms with van der Waals surface area (Å²) in [5, 5.41) is 2.61. The van der Waals surface area contributed by atoms with E-state index in [0.29, 0.717) is 16.1 Å². The predicted molar refractivity (Wildman–Crippen MR) is 77.8 cm³/mol.